The van der Waals surface area contributed by atoms with Crippen molar-refractivity contribution < 1.29 is 4.79 Å². The first-order valence-corrected chi connectivity index (χ1v) is 6.91. The summed E-state index contributed by atoms with van der Waals surface area (Å²) in [6.07, 6.45) is 3.27. The van der Waals surface area contributed by atoms with Gasteiger partial charge in [0.1, 0.15) is 0 Å². The van der Waals surface area contributed by atoms with Crippen LogP contribution in [0.2, 0.25) is 5.15 Å². The number of anilines is 1. The van der Waals surface area contributed by atoms with Gasteiger partial charge in [-0.15, -0.1) is 0 Å². The van der Waals surface area contributed by atoms with Crippen molar-refractivity contribution in [1.29, 1.82) is 0 Å². The van der Waals surface area contributed by atoms with Crippen LogP contribution in [-0.4, -0.2) is 21.1 Å². The Morgan fingerprint density at radius 3 is 2.74 bits per heavy atom. The third-order valence-electron chi connectivity index (χ3n) is 2.32. The van der Waals surface area contributed by atoms with Crippen molar-refractivity contribution >= 4 is 35.0 Å². The molecule has 0 aliphatic rings. The molecular formula is C13H12ClN3OS. The lowest BCUT2D eigenvalue weighted by molar-refractivity contribution is -0.115. The zero-order valence-corrected chi connectivity index (χ0v) is 11.8. The van der Waals surface area contributed by atoms with E-state index in [9.17, 15) is 4.79 Å². The molecule has 0 aromatic carbocycles. The minimum atomic E-state index is -0.272. The SMILES string of the molecule is CC(Sc1ccccn1)C(=O)Nc1cccnc1Cl. The Bertz CT molecular complexity index is 565. The molecule has 2 aromatic rings. The molecule has 2 heterocycles. The lowest BCUT2D eigenvalue weighted by Crippen LogP contribution is -2.22. The second-order valence-corrected chi connectivity index (χ2v) is 5.48. The molecule has 19 heavy (non-hydrogen) atoms. The van der Waals surface area contributed by atoms with E-state index in [0.717, 1.165) is 5.03 Å². The predicted molar refractivity (Wildman–Crippen MR) is 77.4 cm³/mol. The molecule has 2 rings (SSSR count). The Balaban J connectivity index is 1.99. The van der Waals surface area contributed by atoms with E-state index in [1.807, 2.05) is 25.1 Å². The van der Waals surface area contributed by atoms with Crippen LogP contribution in [0.25, 0.3) is 0 Å². The summed E-state index contributed by atoms with van der Waals surface area (Å²) in [4.78, 5) is 20.1. The quantitative estimate of drug-likeness (QED) is 0.694. The van der Waals surface area contributed by atoms with Gasteiger partial charge in [-0.25, -0.2) is 9.97 Å². The number of nitrogens with zero attached hydrogens (tertiary/aromatic N) is 2. The highest BCUT2D eigenvalue weighted by Gasteiger charge is 2.16. The molecule has 0 saturated carbocycles. The molecule has 1 unspecified atom stereocenters. The summed E-state index contributed by atoms with van der Waals surface area (Å²) in [5.41, 5.74) is 0.516. The number of pyridine rings is 2. The normalized spacial score (nSPS) is 11.9. The Morgan fingerprint density at radius 1 is 1.26 bits per heavy atom. The van der Waals surface area contributed by atoms with Gasteiger partial charge in [-0.1, -0.05) is 29.4 Å². The molecule has 0 radical (unpaired) electrons. The van der Waals surface area contributed by atoms with Gasteiger partial charge in [0.05, 0.1) is 16.0 Å². The molecule has 1 N–H and O–H groups in total. The number of thioether (sulfide) groups is 1. The van der Waals surface area contributed by atoms with Gasteiger partial charge in [-0.3, -0.25) is 4.79 Å². The number of amides is 1. The van der Waals surface area contributed by atoms with Gasteiger partial charge in [0, 0.05) is 12.4 Å². The second kappa shape index (κ2) is 6.54. The van der Waals surface area contributed by atoms with E-state index in [1.165, 1.54) is 11.8 Å². The molecule has 1 amide bonds. The van der Waals surface area contributed by atoms with Crippen molar-refractivity contribution in [2.45, 2.75) is 17.2 Å². The number of carbonyl (C=O) groups excluding carboxylic acids is 1. The molecule has 98 valence electrons. The Kier molecular flexibility index (Phi) is 4.76. The van der Waals surface area contributed by atoms with Crippen molar-refractivity contribution in [1.82, 2.24) is 9.97 Å². The maximum atomic E-state index is 12.0. The van der Waals surface area contributed by atoms with Crippen molar-refractivity contribution in [3.05, 3.63) is 47.9 Å². The maximum absolute atomic E-state index is 12.0. The van der Waals surface area contributed by atoms with Gasteiger partial charge in [-0.2, -0.15) is 0 Å². The van der Waals surface area contributed by atoms with Crippen molar-refractivity contribution in [2.24, 2.45) is 0 Å². The number of rotatable bonds is 4. The van der Waals surface area contributed by atoms with Crippen molar-refractivity contribution in [3.8, 4) is 0 Å². The number of nitrogens with one attached hydrogen (secondary N) is 1. The molecule has 0 fully saturated rings. The van der Waals surface area contributed by atoms with E-state index >= 15 is 0 Å². The van der Waals surface area contributed by atoms with Crippen LogP contribution in [0.1, 0.15) is 6.92 Å². The molecule has 0 aliphatic heterocycles. The smallest absolute Gasteiger partial charge is 0.237 e. The number of hydrogen-bond acceptors (Lipinski definition) is 4. The van der Waals surface area contributed by atoms with Crippen LogP contribution in [0.4, 0.5) is 5.69 Å². The van der Waals surface area contributed by atoms with Gasteiger partial charge in [0.25, 0.3) is 0 Å². The molecule has 4 nitrogen and oxygen atoms in total. The average Bonchev–Trinajstić information content (AvgIpc) is 2.42. The average molecular weight is 294 g/mol. The molecule has 1 atom stereocenters. The Hall–Kier alpha value is -1.59. The number of aromatic nitrogens is 2. The third-order valence-corrected chi connectivity index (χ3v) is 3.67. The van der Waals surface area contributed by atoms with Gasteiger partial charge < -0.3 is 5.32 Å². The number of carbonyl (C=O) groups is 1. The fourth-order valence-corrected chi connectivity index (χ4v) is 2.34. The van der Waals surface area contributed by atoms with Crippen LogP contribution in [0.5, 0.6) is 0 Å². The molecule has 0 aliphatic carbocycles. The molecule has 0 saturated heterocycles. The fraction of sp³-hybridized carbons (Fsp3) is 0.154. The van der Waals surface area contributed by atoms with E-state index in [4.69, 9.17) is 11.6 Å². The van der Waals surface area contributed by atoms with Crippen LogP contribution >= 0.6 is 23.4 Å². The Morgan fingerprint density at radius 2 is 2.05 bits per heavy atom. The Labute approximate surface area is 120 Å². The zero-order valence-electron chi connectivity index (χ0n) is 10.2. The number of halogens is 1. The first-order chi connectivity index (χ1) is 9.16. The molecule has 0 bridgehead atoms. The minimum Gasteiger partial charge on any atom is -0.322 e. The lowest BCUT2D eigenvalue weighted by atomic mass is 10.4. The summed E-state index contributed by atoms with van der Waals surface area (Å²) in [7, 11) is 0. The summed E-state index contributed by atoms with van der Waals surface area (Å²) in [5, 5.41) is 3.57. The predicted octanol–water partition coefficient (Wildman–Crippen LogP) is 3.25. The van der Waals surface area contributed by atoms with E-state index < -0.39 is 0 Å². The topological polar surface area (TPSA) is 54.9 Å². The van der Waals surface area contributed by atoms with E-state index in [0.29, 0.717) is 5.69 Å². The van der Waals surface area contributed by atoms with E-state index in [1.54, 1.807) is 24.5 Å². The summed E-state index contributed by atoms with van der Waals surface area (Å²) in [6.45, 7) is 1.82. The molecule has 6 heteroatoms. The highest BCUT2D eigenvalue weighted by Crippen LogP contribution is 2.23. The monoisotopic (exact) mass is 293 g/mol. The molecule has 0 spiro atoms. The maximum Gasteiger partial charge on any atom is 0.237 e. The third kappa shape index (κ3) is 3.94. The van der Waals surface area contributed by atoms with Crippen LogP contribution in [0.15, 0.2) is 47.8 Å². The van der Waals surface area contributed by atoms with Crippen LogP contribution in [-0.2, 0) is 4.79 Å². The van der Waals surface area contributed by atoms with Crippen molar-refractivity contribution in [3.63, 3.8) is 0 Å². The number of hydrogen-bond donors (Lipinski definition) is 1. The highest BCUT2D eigenvalue weighted by molar-refractivity contribution is 8.00. The van der Waals surface area contributed by atoms with Crippen LogP contribution < -0.4 is 5.32 Å². The largest absolute Gasteiger partial charge is 0.322 e. The summed E-state index contributed by atoms with van der Waals surface area (Å²) < 4.78 is 0. The first kappa shape index (κ1) is 13.8. The molecule has 2 aromatic heterocycles. The van der Waals surface area contributed by atoms with Crippen molar-refractivity contribution in [2.75, 3.05) is 5.32 Å². The van der Waals surface area contributed by atoms with Crippen LogP contribution in [0.3, 0.4) is 0 Å². The second-order valence-electron chi connectivity index (χ2n) is 3.76. The van der Waals surface area contributed by atoms with Gasteiger partial charge in [0.2, 0.25) is 5.91 Å². The first-order valence-electron chi connectivity index (χ1n) is 5.66. The standard InChI is InChI=1S/C13H12ClN3OS/c1-9(19-11-6-2-3-7-15-11)13(18)17-10-5-4-8-16-12(10)14/h2-9H,1H3,(H,17,18). The molecular weight excluding hydrogens is 282 g/mol. The van der Waals surface area contributed by atoms with E-state index in [-0.39, 0.29) is 16.3 Å². The van der Waals surface area contributed by atoms with E-state index in [2.05, 4.69) is 15.3 Å². The van der Waals surface area contributed by atoms with Gasteiger partial charge in [-0.05, 0) is 31.2 Å². The van der Waals surface area contributed by atoms with Crippen LogP contribution in [0, 0.1) is 0 Å². The minimum absolute atomic E-state index is 0.134. The van der Waals surface area contributed by atoms with Gasteiger partial charge >= 0.3 is 0 Å². The zero-order chi connectivity index (χ0) is 13.7. The summed E-state index contributed by atoms with van der Waals surface area (Å²) in [6, 6.07) is 9.02. The highest BCUT2D eigenvalue weighted by atomic mass is 35.5. The van der Waals surface area contributed by atoms with Gasteiger partial charge in [0.15, 0.2) is 5.15 Å². The fourth-order valence-electron chi connectivity index (χ4n) is 1.37. The summed E-state index contributed by atoms with van der Waals surface area (Å²) >= 11 is 7.28. The summed E-state index contributed by atoms with van der Waals surface area (Å²) in [5.74, 6) is -0.134. The lowest BCUT2D eigenvalue weighted by Gasteiger charge is -2.11.